The SMILES string of the molecule is CCCNC1CCCN(C(=O)c2c(C)cc(C)cc2C)C1. The van der Waals surface area contributed by atoms with Crippen LogP contribution in [0.2, 0.25) is 0 Å². The van der Waals surface area contributed by atoms with E-state index >= 15 is 0 Å². The Kier molecular flexibility index (Phi) is 5.40. The van der Waals surface area contributed by atoms with Crippen molar-refractivity contribution in [2.24, 2.45) is 0 Å². The number of hydrogen-bond donors (Lipinski definition) is 1. The fourth-order valence-corrected chi connectivity index (χ4v) is 3.35. The number of carbonyl (C=O) groups is 1. The summed E-state index contributed by atoms with van der Waals surface area (Å²) in [5.41, 5.74) is 4.32. The third-order valence-corrected chi connectivity index (χ3v) is 4.28. The number of nitrogens with one attached hydrogen (secondary N) is 1. The van der Waals surface area contributed by atoms with Crippen LogP contribution in [0, 0.1) is 20.8 Å². The second-order valence-electron chi connectivity index (χ2n) is 6.32. The summed E-state index contributed by atoms with van der Waals surface area (Å²) < 4.78 is 0. The Morgan fingerprint density at radius 3 is 2.57 bits per heavy atom. The first-order chi connectivity index (χ1) is 10.0. The van der Waals surface area contributed by atoms with E-state index in [0.717, 1.165) is 49.2 Å². The topological polar surface area (TPSA) is 32.3 Å². The smallest absolute Gasteiger partial charge is 0.254 e. The van der Waals surface area contributed by atoms with Gasteiger partial charge in [0.15, 0.2) is 0 Å². The van der Waals surface area contributed by atoms with Gasteiger partial charge in [0.2, 0.25) is 0 Å². The normalized spacial score (nSPS) is 18.9. The van der Waals surface area contributed by atoms with Crippen LogP contribution in [0.3, 0.4) is 0 Å². The van der Waals surface area contributed by atoms with Gasteiger partial charge in [0.1, 0.15) is 0 Å². The molecule has 1 aromatic rings. The lowest BCUT2D eigenvalue weighted by Crippen LogP contribution is -2.48. The molecule has 1 fully saturated rings. The summed E-state index contributed by atoms with van der Waals surface area (Å²) in [6.45, 7) is 11.1. The Hall–Kier alpha value is -1.35. The van der Waals surface area contributed by atoms with Crippen LogP contribution in [0.1, 0.15) is 53.2 Å². The number of nitrogens with zero attached hydrogens (tertiary/aromatic N) is 1. The van der Waals surface area contributed by atoms with Gasteiger partial charge in [0.25, 0.3) is 5.91 Å². The molecule has 0 aromatic heterocycles. The van der Waals surface area contributed by atoms with Gasteiger partial charge in [0, 0.05) is 24.7 Å². The van der Waals surface area contributed by atoms with Crippen LogP contribution in [-0.4, -0.2) is 36.5 Å². The summed E-state index contributed by atoms with van der Waals surface area (Å²) in [6.07, 6.45) is 3.41. The first-order valence-corrected chi connectivity index (χ1v) is 8.13. The Morgan fingerprint density at radius 2 is 1.95 bits per heavy atom. The van der Waals surface area contributed by atoms with Crippen LogP contribution in [0.4, 0.5) is 0 Å². The molecule has 0 aliphatic carbocycles. The molecule has 1 aromatic carbocycles. The Balaban J connectivity index is 2.12. The summed E-state index contributed by atoms with van der Waals surface area (Å²) in [7, 11) is 0. The molecule has 1 aliphatic rings. The molecule has 21 heavy (non-hydrogen) atoms. The lowest BCUT2D eigenvalue weighted by atomic mass is 9.97. The highest BCUT2D eigenvalue weighted by atomic mass is 16.2. The molecule has 116 valence electrons. The summed E-state index contributed by atoms with van der Waals surface area (Å²) in [5, 5.41) is 3.55. The number of piperidine rings is 1. The molecule has 1 atom stereocenters. The number of carbonyl (C=O) groups excluding carboxylic acids is 1. The van der Waals surface area contributed by atoms with Gasteiger partial charge in [-0.05, 0) is 57.7 Å². The predicted octanol–water partition coefficient (Wildman–Crippen LogP) is 3.22. The molecule has 0 spiro atoms. The Labute approximate surface area is 128 Å². The molecule has 3 nitrogen and oxygen atoms in total. The summed E-state index contributed by atoms with van der Waals surface area (Å²) >= 11 is 0. The highest BCUT2D eigenvalue weighted by molar-refractivity contribution is 5.97. The van der Waals surface area contributed by atoms with Crippen molar-refractivity contribution in [3.8, 4) is 0 Å². The maximum atomic E-state index is 12.9. The highest BCUT2D eigenvalue weighted by Gasteiger charge is 2.25. The summed E-state index contributed by atoms with van der Waals surface area (Å²) in [5.74, 6) is 0.202. The van der Waals surface area contributed by atoms with Gasteiger partial charge >= 0.3 is 0 Å². The van der Waals surface area contributed by atoms with Crippen LogP contribution in [0.15, 0.2) is 12.1 Å². The molecule has 1 aliphatic heterocycles. The highest BCUT2D eigenvalue weighted by Crippen LogP contribution is 2.21. The van der Waals surface area contributed by atoms with E-state index in [1.807, 2.05) is 18.7 Å². The van der Waals surface area contributed by atoms with Gasteiger partial charge in [-0.3, -0.25) is 4.79 Å². The molecule has 1 N–H and O–H groups in total. The summed E-state index contributed by atoms with van der Waals surface area (Å²) in [4.78, 5) is 14.9. The monoisotopic (exact) mass is 288 g/mol. The van der Waals surface area contributed by atoms with Crippen molar-refractivity contribution in [1.82, 2.24) is 10.2 Å². The zero-order chi connectivity index (χ0) is 15.4. The number of aryl methyl sites for hydroxylation is 3. The average Bonchev–Trinajstić information content (AvgIpc) is 2.44. The van der Waals surface area contributed by atoms with E-state index in [0.29, 0.717) is 6.04 Å². The van der Waals surface area contributed by atoms with Crippen molar-refractivity contribution in [2.45, 2.75) is 53.0 Å². The standard InChI is InChI=1S/C18H28N2O/c1-5-8-19-16-7-6-9-20(12-16)18(21)17-14(3)10-13(2)11-15(17)4/h10-11,16,19H,5-9,12H2,1-4H3. The van der Waals surface area contributed by atoms with Gasteiger partial charge in [0.05, 0.1) is 0 Å². The van der Waals surface area contributed by atoms with Crippen LogP contribution >= 0.6 is 0 Å². The zero-order valence-corrected chi connectivity index (χ0v) is 13.8. The number of rotatable bonds is 4. The average molecular weight is 288 g/mol. The minimum atomic E-state index is 0.202. The fraction of sp³-hybridized carbons (Fsp3) is 0.611. The maximum absolute atomic E-state index is 12.9. The van der Waals surface area contributed by atoms with E-state index in [-0.39, 0.29) is 5.91 Å². The van der Waals surface area contributed by atoms with Crippen LogP contribution < -0.4 is 5.32 Å². The molecule has 2 rings (SSSR count). The second-order valence-corrected chi connectivity index (χ2v) is 6.32. The second kappa shape index (κ2) is 7.08. The molecule has 1 saturated heterocycles. The molecule has 0 bridgehead atoms. The number of hydrogen-bond acceptors (Lipinski definition) is 2. The van der Waals surface area contributed by atoms with Gasteiger partial charge in [-0.2, -0.15) is 0 Å². The van der Waals surface area contributed by atoms with E-state index < -0.39 is 0 Å². The third kappa shape index (κ3) is 3.85. The zero-order valence-electron chi connectivity index (χ0n) is 13.8. The number of likely N-dealkylation sites (tertiary alicyclic amines) is 1. The number of amides is 1. The molecule has 3 heteroatoms. The van der Waals surface area contributed by atoms with Gasteiger partial charge < -0.3 is 10.2 Å². The van der Waals surface area contributed by atoms with Crippen LogP contribution in [0.5, 0.6) is 0 Å². The third-order valence-electron chi connectivity index (χ3n) is 4.28. The van der Waals surface area contributed by atoms with Crippen LogP contribution in [-0.2, 0) is 0 Å². The molecule has 0 saturated carbocycles. The lowest BCUT2D eigenvalue weighted by molar-refractivity contribution is 0.0693. The van der Waals surface area contributed by atoms with Crippen molar-refractivity contribution in [1.29, 1.82) is 0 Å². The predicted molar refractivity (Wildman–Crippen MR) is 87.9 cm³/mol. The summed E-state index contributed by atoms with van der Waals surface area (Å²) in [6, 6.07) is 4.67. The van der Waals surface area contributed by atoms with Gasteiger partial charge in [-0.15, -0.1) is 0 Å². The van der Waals surface area contributed by atoms with E-state index in [4.69, 9.17) is 0 Å². The van der Waals surface area contributed by atoms with Crippen molar-refractivity contribution < 1.29 is 4.79 Å². The van der Waals surface area contributed by atoms with Crippen molar-refractivity contribution in [3.05, 3.63) is 34.4 Å². The van der Waals surface area contributed by atoms with E-state index in [1.54, 1.807) is 0 Å². The van der Waals surface area contributed by atoms with E-state index in [9.17, 15) is 4.79 Å². The fourth-order valence-electron chi connectivity index (χ4n) is 3.35. The maximum Gasteiger partial charge on any atom is 0.254 e. The molecule has 1 amide bonds. The Bertz CT molecular complexity index is 487. The first-order valence-electron chi connectivity index (χ1n) is 8.13. The van der Waals surface area contributed by atoms with Crippen molar-refractivity contribution in [3.63, 3.8) is 0 Å². The van der Waals surface area contributed by atoms with Crippen LogP contribution in [0.25, 0.3) is 0 Å². The van der Waals surface area contributed by atoms with Crippen molar-refractivity contribution in [2.75, 3.05) is 19.6 Å². The largest absolute Gasteiger partial charge is 0.337 e. The van der Waals surface area contributed by atoms with Gasteiger partial charge in [-0.1, -0.05) is 24.6 Å². The van der Waals surface area contributed by atoms with E-state index in [2.05, 4.69) is 31.3 Å². The molecular formula is C18H28N2O. The molecular weight excluding hydrogens is 260 g/mol. The first kappa shape index (κ1) is 16.0. The van der Waals surface area contributed by atoms with Gasteiger partial charge in [-0.25, -0.2) is 0 Å². The lowest BCUT2D eigenvalue weighted by Gasteiger charge is -2.34. The minimum Gasteiger partial charge on any atom is -0.337 e. The molecule has 1 unspecified atom stereocenters. The van der Waals surface area contributed by atoms with Crippen molar-refractivity contribution >= 4 is 5.91 Å². The van der Waals surface area contributed by atoms with E-state index in [1.165, 1.54) is 12.0 Å². The minimum absolute atomic E-state index is 0.202. The Morgan fingerprint density at radius 1 is 1.29 bits per heavy atom. The molecule has 1 heterocycles. The quantitative estimate of drug-likeness (QED) is 0.922. The molecule has 0 radical (unpaired) electrons. The number of benzene rings is 1.